The molecule has 0 heterocycles. The predicted molar refractivity (Wildman–Crippen MR) is 89.4 cm³/mol. The van der Waals surface area contributed by atoms with Crippen LogP contribution in [0.15, 0.2) is 72.8 Å². The van der Waals surface area contributed by atoms with E-state index < -0.39 is 0 Å². The summed E-state index contributed by atoms with van der Waals surface area (Å²) in [7, 11) is 0. The molecule has 102 valence electrons. The molecule has 0 saturated heterocycles. The lowest BCUT2D eigenvalue weighted by atomic mass is 10.1. The predicted octanol–water partition coefficient (Wildman–Crippen LogP) is 5.97. The summed E-state index contributed by atoms with van der Waals surface area (Å²) in [6, 6.07) is 21.0. The fraction of sp³-hybridized carbons (Fsp3) is 0.200. The summed E-state index contributed by atoms with van der Waals surface area (Å²) in [5.74, 6) is 0. The normalized spacial score (nSPS) is 11.4. The maximum atomic E-state index is 2.27. The molecular formula is C20H22. The molecule has 0 aliphatic heterocycles. The van der Waals surface area contributed by atoms with E-state index >= 15 is 0 Å². The first kappa shape index (κ1) is 14.3. The van der Waals surface area contributed by atoms with Gasteiger partial charge in [-0.05, 0) is 36.8 Å². The fourth-order valence-electron chi connectivity index (χ4n) is 2.09. The molecule has 0 saturated carbocycles. The van der Waals surface area contributed by atoms with Crippen molar-refractivity contribution in [2.45, 2.75) is 25.7 Å². The van der Waals surface area contributed by atoms with Gasteiger partial charge in [0.05, 0.1) is 0 Å². The van der Waals surface area contributed by atoms with Crippen molar-refractivity contribution in [1.82, 2.24) is 0 Å². The van der Waals surface area contributed by atoms with Crippen LogP contribution in [0.1, 0.15) is 36.8 Å². The zero-order valence-electron chi connectivity index (χ0n) is 11.9. The standard InChI is InChI=1S/C20H22/c1(3-7-13-19-15-9-5-10-16-19)2-4-8-14-20-17-11-6-12-18-20/h5-18H,1-4H2. The van der Waals surface area contributed by atoms with Crippen LogP contribution in [0, 0.1) is 0 Å². The molecule has 0 bridgehead atoms. The monoisotopic (exact) mass is 262 g/mol. The maximum absolute atomic E-state index is 2.27. The lowest BCUT2D eigenvalue weighted by Gasteiger charge is -1.95. The van der Waals surface area contributed by atoms with Crippen LogP contribution >= 0.6 is 0 Å². The number of hydrogen-bond donors (Lipinski definition) is 0. The third kappa shape index (κ3) is 5.71. The van der Waals surface area contributed by atoms with E-state index in [0.29, 0.717) is 0 Å². The lowest BCUT2D eigenvalue weighted by molar-refractivity contribution is 0.765. The topological polar surface area (TPSA) is 0 Å². The lowest BCUT2D eigenvalue weighted by Crippen LogP contribution is -1.74. The molecule has 0 unspecified atom stereocenters. The summed E-state index contributed by atoms with van der Waals surface area (Å²) >= 11 is 0. The number of benzene rings is 2. The second-order valence-electron chi connectivity index (χ2n) is 4.91. The van der Waals surface area contributed by atoms with Gasteiger partial charge in [-0.25, -0.2) is 0 Å². The van der Waals surface area contributed by atoms with Gasteiger partial charge in [0.25, 0.3) is 0 Å². The zero-order valence-corrected chi connectivity index (χ0v) is 11.9. The van der Waals surface area contributed by atoms with E-state index in [-0.39, 0.29) is 0 Å². The first-order chi connectivity index (χ1) is 9.95. The molecule has 0 nitrogen and oxygen atoms in total. The van der Waals surface area contributed by atoms with Gasteiger partial charge in [0.15, 0.2) is 0 Å². The highest BCUT2D eigenvalue weighted by molar-refractivity contribution is 5.49. The Morgan fingerprint density at radius 1 is 0.550 bits per heavy atom. The fourth-order valence-corrected chi connectivity index (χ4v) is 2.09. The molecule has 2 aromatic carbocycles. The Balaban J connectivity index is 1.58. The van der Waals surface area contributed by atoms with Crippen molar-refractivity contribution in [3.8, 4) is 0 Å². The van der Waals surface area contributed by atoms with Crippen LogP contribution in [0.3, 0.4) is 0 Å². The second-order valence-corrected chi connectivity index (χ2v) is 4.91. The maximum Gasteiger partial charge on any atom is -0.0260 e. The second kappa shape index (κ2) is 8.92. The van der Waals surface area contributed by atoms with Gasteiger partial charge in [0.2, 0.25) is 0 Å². The molecule has 0 aliphatic carbocycles. The van der Waals surface area contributed by atoms with E-state index in [1.54, 1.807) is 0 Å². The minimum absolute atomic E-state index is 1.16. The smallest absolute Gasteiger partial charge is 0.0260 e. The van der Waals surface area contributed by atoms with Crippen LogP contribution in [0.4, 0.5) is 0 Å². The molecule has 20 heavy (non-hydrogen) atoms. The number of rotatable bonds is 7. The Bertz CT molecular complexity index is 469. The molecule has 0 radical (unpaired) electrons. The highest BCUT2D eigenvalue weighted by Crippen LogP contribution is 2.07. The summed E-state index contributed by atoms with van der Waals surface area (Å²) in [6.07, 6.45) is 13.8. The van der Waals surface area contributed by atoms with Crippen LogP contribution in [-0.2, 0) is 0 Å². The van der Waals surface area contributed by atoms with Crippen LogP contribution in [0.25, 0.3) is 12.2 Å². The Labute approximate surface area is 122 Å². The van der Waals surface area contributed by atoms with Gasteiger partial charge in [-0.2, -0.15) is 0 Å². The van der Waals surface area contributed by atoms with Crippen LogP contribution in [0.2, 0.25) is 0 Å². The molecule has 0 aromatic heterocycles. The molecule has 0 aliphatic rings. The van der Waals surface area contributed by atoms with Gasteiger partial charge in [0.1, 0.15) is 0 Å². The molecule has 0 N–H and O–H groups in total. The van der Waals surface area contributed by atoms with Crippen molar-refractivity contribution in [3.05, 3.63) is 83.9 Å². The summed E-state index contributed by atoms with van der Waals surface area (Å²) in [5.41, 5.74) is 2.58. The molecule has 2 aromatic rings. The van der Waals surface area contributed by atoms with E-state index in [1.807, 2.05) is 0 Å². The van der Waals surface area contributed by atoms with Crippen LogP contribution in [-0.4, -0.2) is 0 Å². The van der Waals surface area contributed by atoms with Gasteiger partial charge < -0.3 is 0 Å². The molecule has 0 fully saturated rings. The van der Waals surface area contributed by atoms with Crippen molar-refractivity contribution >= 4 is 12.2 Å². The summed E-state index contributed by atoms with van der Waals surface area (Å²) < 4.78 is 0. The Morgan fingerprint density at radius 3 is 1.35 bits per heavy atom. The van der Waals surface area contributed by atoms with Gasteiger partial charge in [0, 0.05) is 0 Å². The minimum atomic E-state index is 1.16. The average molecular weight is 262 g/mol. The van der Waals surface area contributed by atoms with E-state index in [2.05, 4.69) is 85.0 Å². The zero-order chi connectivity index (χ0) is 13.9. The van der Waals surface area contributed by atoms with Crippen molar-refractivity contribution in [2.75, 3.05) is 0 Å². The Morgan fingerprint density at radius 2 is 0.950 bits per heavy atom. The first-order valence-electron chi connectivity index (χ1n) is 7.38. The SMILES string of the molecule is C(=Cc1ccccc1)CCCCC=Cc1ccccc1. The first-order valence-corrected chi connectivity index (χ1v) is 7.38. The van der Waals surface area contributed by atoms with Crippen LogP contribution < -0.4 is 0 Å². The van der Waals surface area contributed by atoms with Gasteiger partial charge in [-0.15, -0.1) is 0 Å². The van der Waals surface area contributed by atoms with Crippen LogP contribution in [0.5, 0.6) is 0 Å². The minimum Gasteiger partial charge on any atom is -0.0839 e. The van der Waals surface area contributed by atoms with Crippen molar-refractivity contribution in [3.63, 3.8) is 0 Å². The highest BCUT2D eigenvalue weighted by atomic mass is 13.9. The number of allylic oxidation sites excluding steroid dienone is 2. The summed E-state index contributed by atoms with van der Waals surface area (Å²) in [4.78, 5) is 0. The van der Waals surface area contributed by atoms with E-state index in [0.717, 1.165) is 12.8 Å². The summed E-state index contributed by atoms with van der Waals surface area (Å²) in [5, 5.41) is 0. The molecule has 0 amide bonds. The Kier molecular flexibility index (Phi) is 6.40. The quantitative estimate of drug-likeness (QED) is 0.539. The molecular weight excluding hydrogens is 240 g/mol. The molecule has 0 spiro atoms. The third-order valence-corrected chi connectivity index (χ3v) is 3.21. The summed E-state index contributed by atoms with van der Waals surface area (Å²) in [6.45, 7) is 0. The van der Waals surface area contributed by atoms with Crippen molar-refractivity contribution < 1.29 is 0 Å². The molecule has 2 rings (SSSR count). The van der Waals surface area contributed by atoms with Crippen molar-refractivity contribution in [1.29, 1.82) is 0 Å². The third-order valence-electron chi connectivity index (χ3n) is 3.21. The number of unbranched alkanes of at least 4 members (excludes halogenated alkanes) is 3. The molecule has 0 atom stereocenters. The van der Waals surface area contributed by atoms with Gasteiger partial charge in [-0.1, -0.05) is 85.0 Å². The van der Waals surface area contributed by atoms with Gasteiger partial charge in [-0.3, -0.25) is 0 Å². The molecule has 0 heteroatoms. The van der Waals surface area contributed by atoms with E-state index in [1.165, 1.54) is 24.0 Å². The number of hydrogen-bond acceptors (Lipinski definition) is 0. The highest BCUT2D eigenvalue weighted by Gasteiger charge is 1.86. The van der Waals surface area contributed by atoms with E-state index in [9.17, 15) is 0 Å². The average Bonchev–Trinajstić information content (AvgIpc) is 2.52. The van der Waals surface area contributed by atoms with Gasteiger partial charge >= 0.3 is 0 Å². The van der Waals surface area contributed by atoms with Crippen molar-refractivity contribution in [2.24, 2.45) is 0 Å². The van der Waals surface area contributed by atoms with E-state index in [4.69, 9.17) is 0 Å². The largest absolute Gasteiger partial charge is 0.0839 e. The Hall–Kier alpha value is -2.08.